The minimum atomic E-state index is -3.43. The summed E-state index contributed by atoms with van der Waals surface area (Å²) >= 11 is 0. The Morgan fingerprint density at radius 2 is 1.55 bits per heavy atom. The van der Waals surface area contributed by atoms with Crippen molar-refractivity contribution in [3.8, 4) is 0 Å². The van der Waals surface area contributed by atoms with Crippen molar-refractivity contribution < 1.29 is 42.4 Å². The summed E-state index contributed by atoms with van der Waals surface area (Å²) in [5.41, 5.74) is -1.57. The molecule has 0 aromatic heterocycles. The summed E-state index contributed by atoms with van der Waals surface area (Å²) in [6.07, 6.45) is -0.941. The molecule has 230 valence electrons. The number of guanidine groups is 1. The Labute approximate surface area is 238 Å². The fourth-order valence-corrected chi connectivity index (χ4v) is 5.17. The van der Waals surface area contributed by atoms with Crippen LogP contribution in [0.2, 0.25) is 0 Å². The molecular weight excluding hydrogens is 541 g/mol. The summed E-state index contributed by atoms with van der Waals surface area (Å²) < 4.78 is 41.5. The molecule has 0 fully saturated rings. The van der Waals surface area contributed by atoms with Crippen molar-refractivity contribution in [1.29, 1.82) is 0 Å². The Kier molecular flexibility index (Phi) is 12.7. The first-order chi connectivity index (χ1) is 18.2. The van der Waals surface area contributed by atoms with E-state index < -0.39 is 60.9 Å². The molecule has 6 atom stereocenters. The molecule has 0 aliphatic carbocycles. The van der Waals surface area contributed by atoms with Crippen molar-refractivity contribution in [2.45, 2.75) is 112 Å². The van der Waals surface area contributed by atoms with Gasteiger partial charge in [-0.15, -0.1) is 0 Å². The fourth-order valence-electron chi connectivity index (χ4n) is 3.82. The Balaban J connectivity index is 3.65. The molecular formula is C27H48N3O9P. The third-order valence-corrected chi connectivity index (χ3v) is 7.56. The first kappa shape index (κ1) is 35.4. The Morgan fingerprint density at radius 3 is 1.95 bits per heavy atom. The van der Waals surface area contributed by atoms with Crippen LogP contribution in [-0.4, -0.2) is 66.8 Å². The van der Waals surface area contributed by atoms with E-state index in [1.165, 1.54) is 19.7 Å². The van der Waals surface area contributed by atoms with E-state index in [1.807, 2.05) is 20.8 Å². The zero-order chi connectivity index (χ0) is 31.1. The monoisotopic (exact) mass is 589 g/mol. The number of amides is 2. The molecule has 1 unspecified atom stereocenters. The zero-order valence-electron chi connectivity index (χ0n) is 25.9. The first-order valence-corrected chi connectivity index (χ1v) is 15.6. The van der Waals surface area contributed by atoms with E-state index in [0.29, 0.717) is 6.42 Å². The second-order valence-corrected chi connectivity index (χ2v) is 14.3. The average molecular weight is 590 g/mol. The molecule has 0 saturated carbocycles. The van der Waals surface area contributed by atoms with Crippen molar-refractivity contribution in [3.05, 3.63) is 11.6 Å². The second kappa shape index (κ2) is 14.3. The van der Waals surface area contributed by atoms with E-state index in [9.17, 15) is 18.9 Å². The minimum absolute atomic E-state index is 0.0561. The summed E-state index contributed by atoms with van der Waals surface area (Å²) in [6.45, 7) is 20.5. The Hall–Kier alpha value is -2.59. The first-order valence-electron chi connectivity index (χ1n) is 13.5. The normalized spacial score (nSPS) is 22.3. The van der Waals surface area contributed by atoms with E-state index in [-0.39, 0.29) is 24.0 Å². The van der Waals surface area contributed by atoms with Crippen LogP contribution in [0.15, 0.2) is 16.6 Å². The number of alkyl carbamates (subject to hydrolysis) is 2. The van der Waals surface area contributed by atoms with Crippen LogP contribution in [0.1, 0.15) is 82.6 Å². The maximum absolute atomic E-state index is 13.5. The van der Waals surface area contributed by atoms with Gasteiger partial charge in [0.1, 0.15) is 23.4 Å². The quantitative estimate of drug-likeness (QED) is 0.122. The summed E-state index contributed by atoms with van der Waals surface area (Å²) in [7, 11) is -3.43. The molecule has 0 radical (unpaired) electrons. The van der Waals surface area contributed by atoms with E-state index >= 15 is 0 Å². The molecule has 1 heterocycles. The van der Waals surface area contributed by atoms with Crippen LogP contribution in [0.5, 0.6) is 0 Å². The fraction of sp³-hybridized carbons (Fsp3) is 0.778. The van der Waals surface area contributed by atoms with Gasteiger partial charge in [0.05, 0.1) is 12.6 Å². The van der Waals surface area contributed by atoms with Gasteiger partial charge < -0.3 is 23.5 Å². The molecule has 12 nitrogen and oxygen atoms in total. The summed E-state index contributed by atoms with van der Waals surface area (Å²) in [4.78, 5) is 41.9. The molecule has 0 spiro atoms. The zero-order valence-corrected chi connectivity index (χ0v) is 26.8. The number of aliphatic imine (C=N–C) groups is 1. The van der Waals surface area contributed by atoms with E-state index in [4.69, 9.17) is 23.5 Å². The summed E-state index contributed by atoms with van der Waals surface area (Å²) in [6, 6.07) is -0.788. The highest BCUT2D eigenvalue weighted by Gasteiger charge is 2.44. The molecule has 40 heavy (non-hydrogen) atoms. The number of esters is 1. The molecule has 2 N–H and O–H groups in total. The maximum Gasteiger partial charge on any atom is 0.414 e. The lowest BCUT2D eigenvalue weighted by molar-refractivity contribution is -0.161. The van der Waals surface area contributed by atoms with Crippen LogP contribution in [0.25, 0.3) is 0 Å². The number of ether oxygens (including phenoxy) is 4. The van der Waals surface area contributed by atoms with Gasteiger partial charge in [-0.3, -0.25) is 20.0 Å². The minimum Gasteiger partial charge on any atom is -0.480 e. The highest BCUT2D eigenvalue weighted by atomic mass is 31.2. The lowest BCUT2D eigenvalue weighted by Gasteiger charge is -2.40. The number of carbonyl (C=O) groups excluding carboxylic acids is 3. The maximum atomic E-state index is 13.5. The molecule has 1 aliphatic rings. The molecule has 1 rings (SSSR count). The molecule has 0 aromatic carbocycles. The predicted molar refractivity (Wildman–Crippen MR) is 152 cm³/mol. The number of hydrogen-bond donors (Lipinski definition) is 2. The van der Waals surface area contributed by atoms with E-state index in [1.54, 1.807) is 48.5 Å². The summed E-state index contributed by atoms with van der Waals surface area (Å²) in [5, 5.41) is 4.94. The van der Waals surface area contributed by atoms with Crippen molar-refractivity contribution in [3.63, 3.8) is 0 Å². The third kappa shape index (κ3) is 11.9. The lowest BCUT2D eigenvalue weighted by atomic mass is 9.85. The number of nitrogens with one attached hydrogen (secondary N) is 2. The predicted octanol–water partition coefficient (Wildman–Crippen LogP) is 5.56. The molecule has 13 heteroatoms. The van der Waals surface area contributed by atoms with Gasteiger partial charge in [0.2, 0.25) is 5.96 Å². The molecule has 0 saturated heterocycles. The lowest BCUT2D eigenvalue weighted by Crippen LogP contribution is -2.50. The second-order valence-electron chi connectivity index (χ2n) is 11.9. The number of rotatable bonds is 8. The van der Waals surface area contributed by atoms with Crippen LogP contribution >= 0.6 is 7.37 Å². The van der Waals surface area contributed by atoms with E-state index in [0.717, 1.165) is 0 Å². The van der Waals surface area contributed by atoms with Gasteiger partial charge in [-0.2, -0.15) is 0 Å². The number of nitrogens with zero attached hydrogens (tertiary/aromatic N) is 1. The van der Waals surface area contributed by atoms with Gasteiger partial charge in [-0.05, 0) is 66.9 Å². The molecule has 1 aliphatic heterocycles. The molecule has 0 aromatic rings. The van der Waals surface area contributed by atoms with Crippen LogP contribution < -0.4 is 10.6 Å². The molecule has 2 amide bonds. The van der Waals surface area contributed by atoms with Crippen LogP contribution in [0.4, 0.5) is 9.59 Å². The third-order valence-electron chi connectivity index (χ3n) is 5.75. The van der Waals surface area contributed by atoms with Crippen molar-refractivity contribution in [2.24, 2.45) is 16.8 Å². The van der Waals surface area contributed by atoms with Crippen LogP contribution in [-0.2, 0) is 32.8 Å². The summed E-state index contributed by atoms with van der Waals surface area (Å²) in [5.74, 6) is -1.30. The van der Waals surface area contributed by atoms with Gasteiger partial charge in [0, 0.05) is 19.5 Å². The number of carbonyl (C=O) groups is 3. The average Bonchev–Trinajstić information content (AvgIpc) is 2.75. The highest BCUT2D eigenvalue weighted by molar-refractivity contribution is 7.62. The van der Waals surface area contributed by atoms with E-state index in [2.05, 4.69) is 15.6 Å². The van der Waals surface area contributed by atoms with Crippen molar-refractivity contribution >= 4 is 31.5 Å². The van der Waals surface area contributed by atoms with Gasteiger partial charge in [-0.25, -0.2) is 14.6 Å². The van der Waals surface area contributed by atoms with Crippen molar-refractivity contribution in [1.82, 2.24) is 10.6 Å². The highest BCUT2D eigenvalue weighted by Crippen LogP contribution is 2.55. The smallest absolute Gasteiger partial charge is 0.414 e. The SMILES string of the molecule is CCOP(C)(=O)C1=C[C@H](N=C(NC(=O)OC(C)(C)C)NC(=O)OC(C)(C)C)[C@@H](C)[C@H]([C@H](OC(C)=O)[C@H](C)CC)O1. The standard InChI is InChI=1S/C27H48N3O9P/c1-13-16(3)21(36-18(5)31)22-17(4)19(15-20(37-22)40(12,34)35-14-2)28-23(29-24(32)38-26(6,7)8)30-25(33)39-27(9,10)11/h15-17,19,21-22H,13-14H2,1-12H3,(H2,28,29,30,32,33)/t16-,17-,19+,21-,22-,40?/m1/s1. The van der Waals surface area contributed by atoms with Crippen LogP contribution in [0, 0.1) is 11.8 Å². The Bertz CT molecular complexity index is 982. The van der Waals surface area contributed by atoms with Crippen LogP contribution in [0.3, 0.4) is 0 Å². The molecule has 0 bridgehead atoms. The van der Waals surface area contributed by atoms with Crippen molar-refractivity contribution in [2.75, 3.05) is 13.3 Å². The van der Waals surface area contributed by atoms with Gasteiger partial charge in [0.15, 0.2) is 5.50 Å². The Morgan fingerprint density at radius 1 is 1.05 bits per heavy atom. The van der Waals surface area contributed by atoms with Gasteiger partial charge in [0.25, 0.3) is 7.37 Å². The largest absolute Gasteiger partial charge is 0.480 e. The van der Waals surface area contributed by atoms with Gasteiger partial charge >= 0.3 is 18.2 Å². The van der Waals surface area contributed by atoms with Gasteiger partial charge in [-0.1, -0.05) is 20.8 Å². The number of hydrogen-bond acceptors (Lipinski definition) is 10. The topological polar surface area (TPSA) is 151 Å².